The van der Waals surface area contributed by atoms with E-state index in [4.69, 9.17) is 10.00 Å². The highest BCUT2D eigenvalue weighted by molar-refractivity contribution is 5.98. The Hall–Kier alpha value is -2.08. The van der Waals surface area contributed by atoms with E-state index in [1.807, 2.05) is 39.0 Å². The van der Waals surface area contributed by atoms with E-state index in [1.165, 1.54) is 5.56 Å². The Balaban J connectivity index is 3.16. The van der Waals surface area contributed by atoms with Gasteiger partial charge in [-0.25, -0.2) is 4.79 Å². The topological polar surface area (TPSA) is 50.1 Å². The zero-order valence-corrected chi connectivity index (χ0v) is 12.1. The van der Waals surface area contributed by atoms with Crippen LogP contribution in [0.25, 0.3) is 6.08 Å². The monoisotopic (exact) mass is 257 g/mol. The molecule has 0 saturated carbocycles. The zero-order valence-electron chi connectivity index (χ0n) is 12.1. The van der Waals surface area contributed by atoms with Gasteiger partial charge in [0.2, 0.25) is 0 Å². The highest BCUT2D eigenvalue weighted by Crippen LogP contribution is 2.18. The van der Waals surface area contributed by atoms with Crippen LogP contribution in [0.4, 0.5) is 0 Å². The summed E-state index contributed by atoms with van der Waals surface area (Å²) in [7, 11) is 0. The molecule has 0 radical (unpaired) electrons. The number of carbonyl (C=O) groups is 1. The van der Waals surface area contributed by atoms with E-state index in [2.05, 4.69) is 0 Å². The maximum Gasteiger partial charge on any atom is 0.349 e. The molecule has 0 aliphatic rings. The lowest BCUT2D eigenvalue weighted by molar-refractivity contribution is -0.142. The van der Waals surface area contributed by atoms with Crippen molar-refractivity contribution in [3.63, 3.8) is 0 Å². The standard InChI is InChI=1S/C16H19NO2/c1-10(2)19-16(18)15(9-17)8-14-7-12(4)11(3)6-13(14)5/h6-8,10H,1-5H3/b15-8+. The minimum atomic E-state index is -0.574. The summed E-state index contributed by atoms with van der Waals surface area (Å²) in [4.78, 5) is 11.7. The molecular formula is C16H19NO2. The predicted molar refractivity (Wildman–Crippen MR) is 75.5 cm³/mol. The number of hydrogen-bond donors (Lipinski definition) is 0. The Morgan fingerprint density at radius 2 is 1.79 bits per heavy atom. The Morgan fingerprint density at radius 1 is 1.21 bits per heavy atom. The van der Waals surface area contributed by atoms with Crippen molar-refractivity contribution < 1.29 is 9.53 Å². The number of benzene rings is 1. The van der Waals surface area contributed by atoms with Crippen LogP contribution in [0.1, 0.15) is 36.1 Å². The Labute approximate surface area is 114 Å². The molecule has 100 valence electrons. The van der Waals surface area contributed by atoms with Crippen LogP contribution in [0.2, 0.25) is 0 Å². The largest absolute Gasteiger partial charge is 0.459 e. The molecule has 0 amide bonds. The van der Waals surface area contributed by atoms with Crippen molar-refractivity contribution in [3.05, 3.63) is 40.0 Å². The van der Waals surface area contributed by atoms with Crippen molar-refractivity contribution >= 4 is 12.0 Å². The molecule has 0 aliphatic carbocycles. The molecule has 0 spiro atoms. The Kier molecular flexibility index (Phi) is 4.88. The smallest absolute Gasteiger partial charge is 0.349 e. The number of esters is 1. The molecule has 0 fully saturated rings. The van der Waals surface area contributed by atoms with E-state index >= 15 is 0 Å². The summed E-state index contributed by atoms with van der Waals surface area (Å²) in [6.45, 7) is 9.52. The number of aryl methyl sites for hydroxylation is 3. The number of ether oxygens (including phenoxy) is 1. The number of nitrogens with zero attached hydrogens (tertiary/aromatic N) is 1. The molecule has 0 bridgehead atoms. The van der Waals surface area contributed by atoms with Gasteiger partial charge in [0.1, 0.15) is 11.6 Å². The first kappa shape index (κ1) is 15.0. The van der Waals surface area contributed by atoms with Gasteiger partial charge in [-0.1, -0.05) is 12.1 Å². The molecule has 1 rings (SSSR count). The third kappa shape index (κ3) is 3.96. The first-order chi connectivity index (χ1) is 8.85. The highest BCUT2D eigenvalue weighted by atomic mass is 16.5. The molecule has 3 nitrogen and oxygen atoms in total. The van der Waals surface area contributed by atoms with Gasteiger partial charge in [0, 0.05) is 0 Å². The number of nitriles is 1. The molecule has 19 heavy (non-hydrogen) atoms. The molecule has 0 aliphatic heterocycles. The van der Waals surface area contributed by atoms with Crippen LogP contribution in [0, 0.1) is 32.1 Å². The molecule has 0 N–H and O–H groups in total. The zero-order chi connectivity index (χ0) is 14.6. The third-order valence-corrected chi connectivity index (χ3v) is 2.87. The molecule has 0 unspecified atom stereocenters. The van der Waals surface area contributed by atoms with E-state index in [0.29, 0.717) is 0 Å². The molecular weight excluding hydrogens is 238 g/mol. The Morgan fingerprint density at radius 3 is 2.32 bits per heavy atom. The maximum atomic E-state index is 11.7. The maximum absolute atomic E-state index is 11.7. The molecule has 1 aromatic carbocycles. The average molecular weight is 257 g/mol. The second kappa shape index (κ2) is 6.19. The molecule has 1 aromatic rings. The van der Waals surface area contributed by atoms with Crippen molar-refractivity contribution in [2.75, 3.05) is 0 Å². The third-order valence-electron chi connectivity index (χ3n) is 2.87. The summed E-state index contributed by atoms with van der Waals surface area (Å²) >= 11 is 0. The van der Waals surface area contributed by atoms with E-state index in [0.717, 1.165) is 16.7 Å². The van der Waals surface area contributed by atoms with Crippen molar-refractivity contribution in [2.45, 2.75) is 40.7 Å². The van der Waals surface area contributed by atoms with Gasteiger partial charge in [0.25, 0.3) is 0 Å². The fourth-order valence-electron chi connectivity index (χ4n) is 1.71. The van der Waals surface area contributed by atoms with Gasteiger partial charge in [-0.05, 0) is 62.9 Å². The predicted octanol–water partition coefficient (Wildman–Crippen LogP) is 3.47. The lowest BCUT2D eigenvalue weighted by Gasteiger charge is -2.09. The van der Waals surface area contributed by atoms with E-state index in [9.17, 15) is 4.79 Å². The second-order valence-electron chi connectivity index (χ2n) is 4.92. The van der Waals surface area contributed by atoms with Crippen LogP contribution in [-0.4, -0.2) is 12.1 Å². The van der Waals surface area contributed by atoms with Crippen LogP contribution in [0.5, 0.6) is 0 Å². The van der Waals surface area contributed by atoms with Crippen LogP contribution in [0.3, 0.4) is 0 Å². The van der Waals surface area contributed by atoms with Crippen molar-refractivity contribution in [3.8, 4) is 6.07 Å². The summed E-state index contributed by atoms with van der Waals surface area (Å²) in [6.07, 6.45) is 1.36. The van der Waals surface area contributed by atoms with Crippen molar-refractivity contribution in [1.29, 1.82) is 5.26 Å². The van der Waals surface area contributed by atoms with Gasteiger partial charge in [-0.2, -0.15) is 5.26 Å². The highest BCUT2D eigenvalue weighted by Gasteiger charge is 2.13. The van der Waals surface area contributed by atoms with Gasteiger partial charge in [-0.3, -0.25) is 0 Å². The minimum absolute atomic E-state index is 0.0278. The molecule has 0 atom stereocenters. The first-order valence-electron chi connectivity index (χ1n) is 6.25. The molecule has 3 heteroatoms. The van der Waals surface area contributed by atoms with Crippen molar-refractivity contribution in [2.24, 2.45) is 0 Å². The summed E-state index contributed by atoms with van der Waals surface area (Å²) in [5.74, 6) is -0.574. The lowest BCUT2D eigenvalue weighted by Crippen LogP contribution is -2.12. The quantitative estimate of drug-likeness (QED) is 0.473. The van der Waals surface area contributed by atoms with Gasteiger partial charge in [0.05, 0.1) is 6.10 Å². The van der Waals surface area contributed by atoms with Crippen molar-refractivity contribution in [1.82, 2.24) is 0 Å². The number of hydrogen-bond acceptors (Lipinski definition) is 3. The normalized spacial score (nSPS) is 11.3. The first-order valence-corrected chi connectivity index (χ1v) is 6.25. The summed E-state index contributed by atoms with van der Waals surface area (Å²) in [5.41, 5.74) is 4.26. The summed E-state index contributed by atoms with van der Waals surface area (Å²) in [5, 5.41) is 9.07. The van der Waals surface area contributed by atoms with Gasteiger partial charge >= 0.3 is 5.97 Å². The van der Waals surface area contributed by atoms with Crippen LogP contribution >= 0.6 is 0 Å². The van der Waals surface area contributed by atoms with Gasteiger partial charge in [-0.15, -0.1) is 0 Å². The fourth-order valence-corrected chi connectivity index (χ4v) is 1.71. The van der Waals surface area contributed by atoms with Crippen LogP contribution < -0.4 is 0 Å². The summed E-state index contributed by atoms with van der Waals surface area (Å²) in [6, 6.07) is 5.93. The SMILES string of the molecule is Cc1cc(C)c(/C=C(\C#N)C(=O)OC(C)C)cc1C. The summed E-state index contributed by atoms with van der Waals surface area (Å²) < 4.78 is 5.04. The second-order valence-corrected chi connectivity index (χ2v) is 4.92. The van der Waals surface area contributed by atoms with Crippen LogP contribution in [-0.2, 0) is 9.53 Å². The molecule has 0 saturated heterocycles. The van der Waals surface area contributed by atoms with E-state index in [1.54, 1.807) is 19.9 Å². The number of rotatable bonds is 3. The van der Waals surface area contributed by atoms with Gasteiger partial charge in [0.15, 0.2) is 0 Å². The average Bonchev–Trinajstić information content (AvgIpc) is 2.31. The van der Waals surface area contributed by atoms with E-state index < -0.39 is 5.97 Å². The Bertz CT molecular complexity index is 563. The fraction of sp³-hybridized carbons (Fsp3) is 0.375. The number of carbonyl (C=O) groups excluding carboxylic acids is 1. The lowest BCUT2D eigenvalue weighted by atomic mass is 9.99. The minimum Gasteiger partial charge on any atom is -0.459 e. The molecule has 0 aromatic heterocycles. The van der Waals surface area contributed by atoms with Crippen LogP contribution in [0.15, 0.2) is 17.7 Å². The van der Waals surface area contributed by atoms with E-state index in [-0.39, 0.29) is 11.7 Å². The van der Waals surface area contributed by atoms with Gasteiger partial charge < -0.3 is 4.74 Å². The molecule has 0 heterocycles.